The van der Waals surface area contributed by atoms with Crippen molar-refractivity contribution in [3.8, 4) is 0 Å². The van der Waals surface area contributed by atoms with Crippen molar-refractivity contribution in [3.05, 3.63) is 45.4 Å². The molecule has 0 unspecified atom stereocenters. The Morgan fingerprint density at radius 1 is 1.19 bits per heavy atom. The van der Waals surface area contributed by atoms with Crippen LogP contribution in [-0.2, 0) is 25.8 Å². The number of nitrogens with two attached hydrogens (primary N) is 1. The highest BCUT2D eigenvalue weighted by Gasteiger charge is 2.55. The lowest BCUT2D eigenvalue weighted by atomic mass is 10.0. The van der Waals surface area contributed by atoms with E-state index in [1.807, 2.05) is 0 Å². The van der Waals surface area contributed by atoms with Gasteiger partial charge in [-0.25, -0.2) is 14.8 Å². The molecule has 4 fully saturated rings. The Labute approximate surface area is 286 Å². The highest BCUT2D eigenvalue weighted by molar-refractivity contribution is 8.07. The lowest BCUT2D eigenvalue weighted by Crippen LogP contribution is -2.74. The summed E-state index contributed by atoms with van der Waals surface area (Å²) in [5.41, 5.74) is 7.81. The molecule has 7 heterocycles. The van der Waals surface area contributed by atoms with Crippen molar-refractivity contribution in [3.63, 3.8) is 0 Å². The molecular formula is C29H34N8O6S4+2. The zero-order chi connectivity index (χ0) is 32.9. The van der Waals surface area contributed by atoms with Crippen LogP contribution >= 0.6 is 46.2 Å². The fourth-order valence-corrected chi connectivity index (χ4v) is 11.1. The highest BCUT2D eigenvalue weighted by Crippen LogP contribution is 2.46. The van der Waals surface area contributed by atoms with Crippen LogP contribution in [0, 0.1) is 0 Å². The minimum atomic E-state index is -1.21. The molecule has 0 saturated carbocycles. The molecule has 47 heavy (non-hydrogen) atoms. The molecule has 1 aromatic carbocycles. The van der Waals surface area contributed by atoms with Gasteiger partial charge in [0.25, 0.3) is 11.8 Å². The number of rotatable bonds is 11. The number of nitrogen functional groups attached to an aromatic ring is 1. The summed E-state index contributed by atoms with van der Waals surface area (Å²) >= 11 is 5.29. The van der Waals surface area contributed by atoms with Crippen LogP contribution in [0.2, 0.25) is 0 Å². The average molecular weight is 719 g/mol. The maximum absolute atomic E-state index is 13.3. The van der Waals surface area contributed by atoms with E-state index in [1.165, 1.54) is 52.4 Å². The summed E-state index contributed by atoms with van der Waals surface area (Å²) < 4.78 is 3.84. The Morgan fingerprint density at radius 2 is 1.94 bits per heavy atom. The number of benzene rings is 1. The largest absolute Gasteiger partial charge is 0.477 e. The molecule has 2 amide bonds. The number of fused-ring (bicyclic) bond motifs is 5. The summed E-state index contributed by atoms with van der Waals surface area (Å²) in [6.07, 6.45) is 0. The van der Waals surface area contributed by atoms with Crippen molar-refractivity contribution < 1.29 is 38.4 Å². The predicted molar refractivity (Wildman–Crippen MR) is 181 cm³/mol. The van der Waals surface area contributed by atoms with E-state index in [4.69, 9.17) is 15.6 Å². The average Bonchev–Trinajstić information content (AvgIpc) is 3.67. The van der Waals surface area contributed by atoms with Crippen molar-refractivity contribution in [1.82, 2.24) is 20.2 Å². The fourth-order valence-electron chi connectivity index (χ4n) is 6.89. The van der Waals surface area contributed by atoms with E-state index in [9.17, 15) is 24.6 Å². The number of carboxylic acids is 1. The third-order valence-corrected chi connectivity index (χ3v) is 13.8. The Bertz CT molecular complexity index is 1800. The van der Waals surface area contributed by atoms with E-state index in [2.05, 4.69) is 33.7 Å². The van der Waals surface area contributed by atoms with E-state index in [-0.39, 0.29) is 28.8 Å². The maximum Gasteiger partial charge on any atom is 0.353 e. The van der Waals surface area contributed by atoms with Crippen LogP contribution in [0.3, 0.4) is 0 Å². The maximum atomic E-state index is 13.3. The Kier molecular flexibility index (Phi) is 8.69. The lowest BCUT2D eigenvalue weighted by Gasteiger charge is -2.55. The number of aliphatic hydroxyl groups is 1. The van der Waals surface area contributed by atoms with Gasteiger partial charge in [-0.15, -0.1) is 34.4 Å². The van der Waals surface area contributed by atoms with E-state index >= 15 is 0 Å². The van der Waals surface area contributed by atoms with Gasteiger partial charge in [0.05, 0.1) is 16.8 Å². The second kappa shape index (κ2) is 12.6. The fraction of sp³-hybridized carbons (Fsp3) is 0.448. The summed E-state index contributed by atoms with van der Waals surface area (Å²) in [6, 6.07) is 5.47. The molecule has 4 saturated heterocycles. The first kappa shape index (κ1) is 32.3. The smallest absolute Gasteiger partial charge is 0.353 e. The van der Waals surface area contributed by atoms with Crippen molar-refractivity contribution in [2.75, 3.05) is 71.0 Å². The van der Waals surface area contributed by atoms with Gasteiger partial charge in [0, 0.05) is 21.6 Å². The summed E-state index contributed by atoms with van der Waals surface area (Å²) in [5, 5.41) is 27.3. The summed E-state index contributed by atoms with van der Waals surface area (Å²) in [4.78, 5) is 54.3. The number of nitrogens with one attached hydrogen (secondary N) is 1. The minimum absolute atomic E-state index is 0.0890. The zero-order valence-electron chi connectivity index (χ0n) is 25.5. The number of piperazine rings is 3. The van der Waals surface area contributed by atoms with Gasteiger partial charge in [0.2, 0.25) is 0 Å². The first-order valence-corrected chi connectivity index (χ1v) is 18.6. The number of hydrogen-bond donors (Lipinski definition) is 4. The number of β-lactam (4-membered cyclic amide) rings is 1. The molecule has 3 aromatic rings. The monoisotopic (exact) mass is 718 g/mol. The first-order valence-electron chi connectivity index (χ1n) is 15.1. The zero-order valence-corrected chi connectivity index (χ0v) is 28.7. The molecule has 14 nitrogen and oxygen atoms in total. The number of carbonyl (C=O) groups excluding carboxylic acids is 2. The van der Waals surface area contributed by atoms with Crippen LogP contribution in [0.5, 0.6) is 0 Å². The minimum Gasteiger partial charge on any atom is -0.477 e. The summed E-state index contributed by atoms with van der Waals surface area (Å²) in [7, 11) is 1.29. The molecule has 18 heteroatoms. The van der Waals surface area contributed by atoms with Gasteiger partial charge in [0.1, 0.15) is 82.3 Å². The molecule has 5 aliphatic rings. The van der Waals surface area contributed by atoms with Gasteiger partial charge in [-0.1, -0.05) is 23.0 Å². The standard InChI is InChI=1S/C29H32N8O6S4/c1-43-34-21(18-14-45-28(30)31-18)24(39)33-22-25(40)35-23(27(41)42)20(15-44-26(22)35)47-29-32-17-12-16(2-3-19(17)46-29)13-37-7-4-36(5-8-37,6-9-37)10-11-38/h2-3,12,14,22,26,38H,4-11,13,15H2,1H3,(H2-2,30,31,33,39,41,42)/p+2/b34-21-/t22-,26-,36?,37?/m1/s1. The van der Waals surface area contributed by atoms with Crippen LogP contribution in [0.15, 0.2) is 43.7 Å². The number of anilines is 1. The van der Waals surface area contributed by atoms with E-state index in [1.54, 1.807) is 5.38 Å². The van der Waals surface area contributed by atoms with Crippen LogP contribution in [0.4, 0.5) is 5.13 Å². The molecule has 0 radical (unpaired) electrons. The van der Waals surface area contributed by atoms with Crippen LogP contribution in [0.1, 0.15) is 11.3 Å². The van der Waals surface area contributed by atoms with E-state index < -0.39 is 29.2 Å². The van der Waals surface area contributed by atoms with Gasteiger partial charge in [-0.3, -0.25) is 14.5 Å². The number of oxime groups is 1. The highest BCUT2D eigenvalue weighted by atomic mass is 32.2. The molecule has 2 bridgehead atoms. The van der Waals surface area contributed by atoms with Crippen LogP contribution in [-0.4, -0.2) is 134 Å². The van der Waals surface area contributed by atoms with Crippen LogP contribution < -0.4 is 11.1 Å². The number of thioether (sulfide) groups is 2. The molecule has 5 N–H and O–H groups in total. The van der Waals surface area contributed by atoms with Crippen molar-refractivity contribution in [2.45, 2.75) is 22.3 Å². The Hall–Kier alpha value is -3.26. The Balaban J connectivity index is 1.05. The second-order valence-corrected chi connectivity index (χ2v) is 16.5. The summed E-state index contributed by atoms with van der Waals surface area (Å²) in [6.45, 7) is 8.72. The number of amides is 2. The number of carboxylic acid groups (broad SMARTS) is 1. The van der Waals surface area contributed by atoms with Crippen molar-refractivity contribution in [1.29, 1.82) is 0 Å². The number of aliphatic hydroxyl groups excluding tert-OH is 1. The first-order chi connectivity index (χ1) is 22.6. The molecule has 2 atom stereocenters. The van der Waals surface area contributed by atoms with Gasteiger partial charge >= 0.3 is 5.97 Å². The van der Waals surface area contributed by atoms with Gasteiger partial charge < -0.3 is 35.1 Å². The third kappa shape index (κ3) is 6.00. The number of quaternary nitrogens is 2. The van der Waals surface area contributed by atoms with Gasteiger partial charge in [-0.05, 0) is 12.1 Å². The molecule has 0 aliphatic carbocycles. The topological polar surface area (TPSA) is 180 Å². The number of hydrogen-bond acceptors (Lipinski definition) is 13. The quantitative estimate of drug-likeness (QED) is 0.0973. The van der Waals surface area contributed by atoms with Gasteiger partial charge in [-0.2, -0.15) is 0 Å². The number of carbonyl (C=O) groups is 3. The van der Waals surface area contributed by atoms with Gasteiger partial charge in [0.15, 0.2) is 15.2 Å². The molecule has 5 aliphatic heterocycles. The molecular weight excluding hydrogens is 685 g/mol. The second-order valence-electron chi connectivity index (χ2n) is 12.1. The third-order valence-electron chi connectivity index (χ3n) is 9.47. The van der Waals surface area contributed by atoms with Crippen LogP contribution in [0.25, 0.3) is 10.2 Å². The number of thiazole rings is 2. The predicted octanol–water partition coefficient (Wildman–Crippen LogP) is 1.33. The van der Waals surface area contributed by atoms with Crippen molar-refractivity contribution in [2.24, 2.45) is 5.16 Å². The molecule has 248 valence electrons. The van der Waals surface area contributed by atoms with Crippen molar-refractivity contribution >= 4 is 85.0 Å². The summed E-state index contributed by atoms with van der Waals surface area (Å²) in [5.74, 6) is -2.07. The Morgan fingerprint density at radius 3 is 2.60 bits per heavy atom. The SMILES string of the molecule is CO/N=C(\C(=O)N[C@@H]1C(=O)N2C(C(=O)O)=C(Sc3nc4cc(C[N+]56CC[N+](CCO)(CC5)CC6)ccc4s3)CS[C@H]12)c1csc(N)n1. The molecule has 8 rings (SSSR count). The number of aromatic nitrogens is 2. The number of nitrogens with zero attached hydrogens (tertiary/aromatic N) is 6. The van der Waals surface area contributed by atoms with E-state index in [0.717, 1.165) is 82.9 Å². The molecule has 2 aromatic heterocycles. The van der Waals surface area contributed by atoms with E-state index in [0.29, 0.717) is 15.0 Å². The number of aliphatic carboxylic acids is 1. The molecule has 0 spiro atoms. The lowest BCUT2D eigenvalue weighted by molar-refractivity contribution is -1.09. The normalized spacial score (nSPS) is 27.1.